The predicted molar refractivity (Wildman–Crippen MR) is 50.3 cm³/mol. The number of hydrogen-bond donors (Lipinski definition) is 3. The molecule has 7 nitrogen and oxygen atoms in total. The number of carbonyl (C=O) groups is 3. The quantitative estimate of drug-likeness (QED) is 0.482. The number of carboxylic acids is 2. The number of carboxylic acid groups (broad SMARTS) is 2. The number of amides is 2. The Balaban J connectivity index is 0.000000288. The number of nitrogens with two attached hydrogens (primary N) is 1. The van der Waals surface area contributed by atoms with Gasteiger partial charge < -0.3 is 20.8 Å². The highest BCUT2D eigenvalue weighted by atomic mass is 16.4. The summed E-state index contributed by atoms with van der Waals surface area (Å²) >= 11 is 0. The lowest BCUT2D eigenvalue weighted by Gasteiger charge is -2.24. The Morgan fingerprint density at radius 1 is 0.933 bits per heavy atom. The van der Waals surface area contributed by atoms with E-state index in [4.69, 9.17) is 25.5 Å². The van der Waals surface area contributed by atoms with E-state index < -0.39 is 11.9 Å². The monoisotopic (exact) mass is 218 g/mol. The number of primary amides is 1. The summed E-state index contributed by atoms with van der Waals surface area (Å²) < 4.78 is 0. The second kappa shape index (κ2) is 6.63. The van der Waals surface area contributed by atoms with E-state index in [-0.39, 0.29) is 6.03 Å². The summed E-state index contributed by atoms with van der Waals surface area (Å²) in [6.07, 6.45) is 3.47. The van der Waals surface area contributed by atoms with Crippen LogP contribution in [0, 0.1) is 0 Å². The highest BCUT2D eigenvalue weighted by Gasteiger charge is 2.11. The van der Waals surface area contributed by atoms with Gasteiger partial charge in [0.25, 0.3) is 0 Å². The molecule has 7 heteroatoms. The van der Waals surface area contributed by atoms with Crippen LogP contribution in [-0.2, 0) is 9.59 Å². The lowest BCUT2D eigenvalue weighted by Crippen LogP contribution is -2.39. The molecule has 0 radical (unpaired) electrons. The molecule has 0 bridgehead atoms. The van der Waals surface area contributed by atoms with E-state index in [0.717, 1.165) is 25.9 Å². The van der Waals surface area contributed by atoms with Gasteiger partial charge >= 0.3 is 18.0 Å². The molecule has 0 aromatic carbocycles. The van der Waals surface area contributed by atoms with Crippen LogP contribution < -0.4 is 5.73 Å². The summed E-state index contributed by atoms with van der Waals surface area (Å²) in [5.74, 6) is -3.65. The van der Waals surface area contributed by atoms with Crippen molar-refractivity contribution in [3.8, 4) is 0 Å². The Morgan fingerprint density at radius 3 is 1.53 bits per heavy atom. The van der Waals surface area contributed by atoms with Crippen LogP contribution in [0.15, 0.2) is 0 Å². The third-order valence-electron chi connectivity index (χ3n) is 1.85. The van der Waals surface area contributed by atoms with Crippen molar-refractivity contribution in [2.45, 2.75) is 19.3 Å². The molecular formula is C8H14N2O5. The van der Waals surface area contributed by atoms with E-state index in [9.17, 15) is 4.79 Å². The summed E-state index contributed by atoms with van der Waals surface area (Å²) in [5, 5.41) is 14.8. The second-order valence-corrected chi connectivity index (χ2v) is 3.00. The van der Waals surface area contributed by atoms with Crippen molar-refractivity contribution >= 4 is 18.0 Å². The minimum absolute atomic E-state index is 0.269. The van der Waals surface area contributed by atoms with E-state index >= 15 is 0 Å². The molecule has 1 saturated heterocycles. The summed E-state index contributed by atoms with van der Waals surface area (Å²) in [6.45, 7) is 1.71. The largest absolute Gasteiger partial charge is 0.473 e. The topological polar surface area (TPSA) is 121 Å². The Hall–Kier alpha value is -1.79. The van der Waals surface area contributed by atoms with Crippen LogP contribution in [0.1, 0.15) is 19.3 Å². The van der Waals surface area contributed by atoms with Crippen LogP contribution in [0.3, 0.4) is 0 Å². The van der Waals surface area contributed by atoms with Gasteiger partial charge in [-0.25, -0.2) is 14.4 Å². The highest BCUT2D eigenvalue weighted by Crippen LogP contribution is 2.06. The molecule has 15 heavy (non-hydrogen) atoms. The molecule has 1 heterocycles. The Bertz CT molecular complexity index is 235. The molecule has 1 aliphatic rings. The molecule has 0 aromatic rings. The van der Waals surface area contributed by atoms with Crippen molar-refractivity contribution in [1.29, 1.82) is 0 Å². The number of piperidine rings is 1. The molecule has 86 valence electrons. The average Bonchev–Trinajstić information content (AvgIpc) is 2.20. The van der Waals surface area contributed by atoms with E-state index in [0.29, 0.717) is 0 Å². The first-order chi connectivity index (χ1) is 6.95. The number of urea groups is 1. The fraction of sp³-hybridized carbons (Fsp3) is 0.625. The number of carbonyl (C=O) groups excluding carboxylic acids is 1. The normalized spacial score (nSPS) is 14.8. The zero-order valence-electron chi connectivity index (χ0n) is 8.18. The highest BCUT2D eigenvalue weighted by molar-refractivity contribution is 6.27. The Labute approximate surface area is 86.5 Å². The van der Waals surface area contributed by atoms with Gasteiger partial charge in [0.1, 0.15) is 0 Å². The van der Waals surface area contributed by atoms with Crippen LogP contribution >= 0.6 is 0 Å². The molecular weight excluding hydrogens is 204 g/mol. The first-order valence-corrected chi connectivity index (χ1v) is 4.45. The van der Waals surface area contributed by atoms with Gasteiger partial charge in [-0.05, 0) is 19.3 Å². The van der Waals surface area contributed by atoms with Crippen molar-refractivity contribution in [2.24, 2.45) is 5.73 Å². The fourth-order valence-corrected chi connectivity index (χ4v) is 1.11. The maximum atomic E-state index is 10.5. The predicted octanol–water partition coefficient (Wildman–Crippen LogP) is -0.293. The Morgan fingerprint density at radius 2 is 1.33 bits per heavy atom. The smallest absolute Gasteiger partial charge is 0.414 e. The van der Waals surface area contributed by atoms with E-state index in [1.54, 1.807) is 4.90 Å². The summed E-state index contributed by atoms with van der Waals surface area (Å²) in [5.41, 5.74) is 5.05. The number of nitrogens with zero attached hydrogens (tertiary/aromatic N) is 1. The van der Waals surface area contributed by atoms with Crippen LogP contribution in [-0.4, -0.2) is 46.2 Å². The molecule has 0 aromatic heterocycles. The minimum atomic E-state index is -1.82. The summed E-state index contributed by atoms with van der Waals surface area (Å²) in [4.78, 5) is 30.4. The molecule has 1 fully saturated rings. The van der Waals surface area contributed by atoms with Crippen LogP contribution in [0.2, 0.25) is 0 Å². The molecule has 0 spiro atoms. The lowest BCUT2D eigenvalue weighted by atomic mass is 10.1. The number of hydrogen-bond acceptors (Lipinski definition) is 3. The first-order valence-electron chi connectivity index (χ1n) is 4.45. The molecule has 1 aliphatic heterocycles. The minimum Gasteiger partial charge on any atom is -0.473 e. The zero-order chi connectivity index (χ0) is 11.8. The van der Waals surface area contributed by atoms with Gasteiger partial charge in [-0.15, -0.1) is 0 Å². The van der Waals surface area contributed by atoms with Crippen molar-refractivity contribution in [3.05, 3.63) is 0 Å². The molecule has 0 saturated carbocycles. The van der Waals surface area contributed by atoms with Gasteiger partial charge in [0.05, 0.1) is 0 Å². The van der Waals surface area contributed by atoms with Crippen molar-refractivity contribution in [3.63, 3.8) is 0 Å². The average molecular weight is 218 g/mol. The van der Waals surface area contributed by atoms with Gasteiger partial charge in [0.2, 0.25) is 0 Å². The second-order valence-electron chi connectivity index (χ2n) is 3.00. The molecule has 2 amide bonds. The van der Waals surface area contributed by atoms with Gasteiger partial charge in [0, 0.05) is 13.1 Å². The van der Waals surface area contributed by atoms with E-state index in [1.165, 1.54) is 6.42 Å². The maximum absolute atomic E-state index is 10.5. The maximum Gasteiger partial charge on any atom is 0.414 e. The van der Waals surface area contributed by atoms with Gasteiger partial charge in [-0.3, -0.25) is 0 Å². The lowest BCUT2D eigenvalue weighted by molar-refractivity contribution is -0.159. The molecule has 0 aliphatic carbocycles. The number of likely N-dealkylation sites (tertiary alicyclic amines) is 1. The third kappa shape index (κ3) is 6.30. The Kier molecular flexibility index (Phi) is 5.84. The third-order valence-corrected chi connectivity index (χ3v) is 1.85. The van der Waals surface area contributed by atoms with Crippen LogP contribution in [0.4, 0.5) is 4.79 Å². The molecule has 0 unspecified atom stereocenters. The van der Waals surface area contributed by atoms with Crippen molar-refractivity contribution in [2.75, 3.05) is 13.1 Å². The first kappa shape index (κ1) is 13.2. The van der Waals surface area contributed by atoms with Gasteiger partial charge in [0.15, 0.2) is 0 Å². The van der Waals surface area contributed by atoms with Crippen LogP contribution in [0.5, 0.6) is 0 Å². The van der Waals surface area contributed by atoms with Gasteiger partial charge in [-0.1, -0.05) is 0 Å². The van der Waals surface area contributed by atoms with E-state index in [2.05, 4.69) is 0 Å². The standard InChI is InChI=1S/C6H12N2O.C2H2O4/c7-6(9)8-4-2-1-3-5-8;3-1(4)2(5)6/h1-5H2,(H2,7,9);(H,3,4)(H,5,6). The summed E-state index contributed by atoms with van der Waals surface area (Å²) in [6, 6.07) is -0.269. The van der Waals surface area contributed by atoms with E-state index in [1.807, 2.05) is 0 Å². The number of aliphatic carboxylic acids is 2. The van der Waals surface area contributed by atoms with Crippen molar-refractivity contribution < 1.29 is 24.6 Å². The fourth-order valence-electron chi connectivity index (χ4n) is 1.11. The molecule has 4 N–H and O–H groups in total. The van der Waals surface area contributed by atoms with Gasteiger partial charge in [-0.2, -0.15) is 0 Å². The molecule has 1 rings (SSSR count). The van der Waals surface area contributed by atoms with Crippen LogP contribution in [0.25, 0.3) is 0 Å². The SMILES string of the molecule is NC(=O)N1CCCCC1.O=C(O)C(=O)O. The molecule has 0 atom stereocenters. The van der Waals surface area contributed by atoms with Crippen molar-refractivity contribution in [1.82, 2.24) is 4.90 Å². The number of rotatable bonds is 0. The zero-order valence-corrected chi connectivity index (χ0v) is 8.18. The summed E-state index contributed by atoms with van der Waals surface area (Å²) in [7, 11) is 0.